The Hall–Kier alpha value is -1.55. The van der Waals surface area contributed by atoms with Crippen LogP contribution in [-0.2, 0) is 17.4 Å². The molecule has 1 aliphatic carbocycles. The summed E-state index contributed by atoms with van der Waals surface area (Å²) >= 11 is 9.92. The number of nitrogens with zero attached hydrogens (tertiary/aromatic N) is 5. The fourth-order valence-electron chi connectivity index (χ4n) is 5.03. The summed E-state index contributed by atoms with van der Waals surface area (Å²) in [7, 11) is -1.20. The van der Waals surface area contributed by atoms with Crippen LogP contribution in [0.4, 0.5) is 5.82 Å². The zero-order chi connectivity index (χ0) is 23.5. The highest BCUT2D eigenvalue weighted by Crippen LogP contribution is 2.52. The smallest absolute Gasteiger partial charge is 0.155 e. The highest BCUT2D eigenvalue weighted by molar-refractivity contribution is 9.10. The number of pyridine rings is 1. The average molecular weight is 552 g/mol. The number of fused-ring (bicyclic) bond motifs is 2. The maximum absolute atomic E-state index is 13.1. The third-order valence-electron chi connectivity index (χ3n) is 6.88. The molecule has 0 amide bonds. The normalized spacial score (nSPS) is 21.0. The number of nitrogens with one attached hydrogen (secondary N) is 1. The van der Waals surface area contributed by atoms with Gasteiger partial charge in [0, 0.05) is 25.0 Å². The number of rotatable bonds is 3. The Morgan fingerprint density at radius 2 is 2.03 bits per heavy atom. The number of piperidine rings is 1. The Balaban J connectivity index is 1.46. The fourth-order valence-corrected chi connectivity index (χ4v) is 6.51. The lowest BCUT2D eigenvalue weighted by Gasteiger charge is -2.44. The minimum atomic E-state index is -1.20. The van der Waals surface area contributed by atoms with Gasteiger partial charge in [-0.25, -0.2) is 18.4 Å². The second-order valence-electron chi connectivity index (χ2n) is 10.1. The molecule has 3 aromatic rings. The zero-order valence-corrected chi connectivity index (χ0v) is 22.4. The molecule has 1 fully saturated rings. The first-order valence-corrected chi connectivity index (χ1v) is 13.5. The van der Waals surface area contributed by atoms with E-state index in [1.807, 2.05) is 44.3 Å². The van der Waals surface area contributed by atoms with E-state index in [9.17, 15) is 4.21 Å². The van der Waals surface area contributed by atoms with Crippen molar-refractivity contribution in [2.24, 2.45) is 5.41 Å². The number of aryl methyl sites for hydroxylation is 1. The first-order valence-electron chi connectivity index (χ1n) is 11.2. The topological polar surface area (TPSA) is 75.4 Å². The van der Waals surface area contributed by atoms with E-state index < -0.39 is 11.0 Å². The second kappa shape index (κ2) is 8.29. The Bertz CT molecular complexity index is 1250. The molecule has 33 heavy (non-hydrogen) atoms. The highest BCUT2D eigenvalue weighted by Gasteiger charge is 2.50. The molecule has 3 aromatic heterocycles. The summed E-state index contributed by atoms with van der Waals surface area (Å²) in [6.45, 7) is 9.69. The lowest BCUT2D eigenvalue weighted by molar-refractivity contribution is 0.177. The number of halogens is 2. The molecule has 0 saturated carbocycles. The molecule has 2 aliphatic rings. The molecule has 10 heteroatoms. The fraction of sp³-hybridized carbons (Fsp3) is 0.522. The molecule has 2 atom stereocenters. The summed E-state index contributed by atoms with van der Waals surface area (Å²) in [5.41, 5.74) is 4.00. The SMILES string of the molecule is Cc1nc(N2CCC3(CC2)Cc2ncc(Cl)cc2[C@H]3N[S@](=O)C(C)(C)C)c2ccnn2c1Br. The van der Waals surface area contributed by atoms with E-state index in [0.717, 1.165) is 65.2 Å². The van der Waals surface area contributed by atoms with Gasteiger partial charge in [0.25, 0.3) is 0 Å². The summed E-state index contributed by atoms with van der Waals surface area (Å²) in [5, 5.41) is 5.07. The van der Waals surface area contributed by atoms with Crippen molar-refractivity contribution in [3.8, 4) is 0 Å². The van der Waals surface area contributed by atoms with Crippen molar-refractivity contribution in [2.45, 2.75) is 57.7 Å². The van der Waals surface area contributed by atoms with Crippen molar-refractivity contribution in [1.82, 2.24) is 24.3 Å². The number of hydrogen-bond donors (Lipinski definition) is 1. The number of aromatic nitrogens is 4. The second-order valence-corrected chi connectivity index (χ2v) is 13.3. The van der Waals surface area contributed by atoms with Crippen LogP contribution in [0.15, 0.2) is 29.1 Å². The standard InChI is InChI=1S/C23H28BrClN6OS/c1-14-20(24)31-18(5-8-27-31)21(28-14)30-9-6-23(7-10-30)12-17-16(11-15(25)13-26-17)19(23)29-33(32)22(2,3)4/h5,8,11,13,19,29H,6-7,9-10,12H2,1-4H3/t19-,33-/m1/s1. The molecule has 0 unspecified atom stereocenters. The van der Waals surface area contributed by atoms with Gasteiger partial charge in [-0.05, 0) is 86.0 Å². The van der Waals surface area contributed by atoms with E-state index in [-0.39, 0.29) is 16.2 Å². The van der Waals surface area contributed by atoms with Crippen LogP contribution in [-0.4, -0.2) is 41.6 Å². The van der Waals surface area contributed by atoms with Gasteiger partial charge in [-0.3, -0.25) is 4.98 Å². The molecule has 4 heterocycles. The third-order valence-corrected chi connectivity index (χ3v) is 9.56. The Kier molecular flexibility index (Phi) is 5.83. The molecular weight excluding hydrogens is 524 g/mol. The first kappa shape index (κ1) is 23.2. The van der Waals surface area contributed by atoms with Crippen LogP contribution in [0.1, 0.15) is 56.6 Å². The van der Waals surface area contributed by atoms with Gasteiger partial charge in [0.15, 0.2) is 5.82 Å². The van der Waals surface area contributed by atoms with Gasteiger partial charge in [-0.2, -0.15) is 5.10 Å². The summed E-state index contributed by atoms with van der Waals surface area (Å²) in [4.78, 5) is 11.9. The third kappa shape index (κ3) is 4.00. The van der Waals surface area contributed by atoms with Crippen molar-refractivity contribution in [1.29, 1.82) is 0 Å². The highest BCUT2D eigenvalue weighted by atomic mass is 79.9. The summed E-state index contributed by atoms with van der Waals surface area (Å²) in [6, 6.07) is 3.96. The molecule has 1 spiro atoms. The summed E-state index contributed by atoms with van der Waals surface area (Å²) in [5.74, 6) is 0.961. The van der Waals surface area contributed by atoms with E-state index in [2.05, 4.69) is 35.6 Å². The molecule has 5 rings (SSSR count). The van der Waals surface area contributed by atoms with Gasteiger partial charge >= 0.3 is 0 Å². The van der Waals surface area contributed by atoms with Crippen LogP contribution in [0.5, 0.6) is 0 Å². The van der Waals surface area contributed by atoms with Gasteiger partial charge in [0.05, 0.1) is 38.7 Å². The van der Waals surface area contributed by atoms with Crippen molar-refractivity contribution in [3.05, 3.63) is 51.1 Å². The van der Waals surface area contributed by atoms with Crippen molar-refractivity contribution in [3.63, 3.8) is 0 Å². The first-order chi connectivity index (χ1) is 15.6. The molecule has 1 saturated heterocycles. The van der Waals surface area contributed by atoms with Gasteiger partial charge in [0.2, 0.25) is 0 Å². The number of anilines is 1. The predicted molar refractivity (Wildman–Crippen MR) is 136 cm³/mol. The van der Waals surface area contributed by atoms with Crippen molar-refractivity contribution >= 4 is 49.9 Å². The van der Waals surface area contributed by atoms with E-state index in [4.69, 9.17) is 16.6 Å². The monoisotopic (exact) mass is 550 g/mol. The molecular formula is C23H28BrClN6OS. The van der Waals surface area contributed by atoms with Crippen LogP contribution in [0, 0.1) is 12.3 Å². The lowest BCUT2D eigenvalue weighted by atomic mass is 9.73. The predicted octanol–water partition coefficient (Wildman–Crippen LogP) is 4.78. The average Bonchev–Trinajstić information content (AvgIpc) is 3.35. The van der Waals surface area contributed by atoms with Crippen LogP contribution < -0.4 is 9.62 Å². The Morgan fingerprint density at radius 3 is 2.73 bits per heavy atom. The van der Waals surface area contributed by atoms with Crippen molar-refractivity contribution in [2.75, 3.05) is 18.0 Å². The van der Waals surface area contributed by atoms with E-state index in [0.29, 0.717) is 5.02 Å². The van der Waals surface area contributed by atoms with Gasteiger partial charge in [0.1, 0.15) is 10.1 Å². The van der Waals surface area contributed by atoms with E-state index >= 15 is 0 Å². The minimum Gasteiger partial charge on any atom is -0.355 e. The lowest BCUT2D eigenvalue weighted by Crippen LogP contribution is -2.48. The largest absolute Gasteiger partial charge is 0.355 e. The molecule has 176 valence electrons. The molecule has 1 aliphatic heterocycles. The van der Waals surface area contributed by atoms with Crippen LogP contribution in [0.25, 0.3) is 5.52 Å². The van der Waals surface area contributed by atoms with Gasteiger partial charge in [-0.1, -0.05) is 11.6 Å². The zero-order valence-electron chi connectivity index (χ0n) is 19.2. The maximum Gasteiger partial charge on any atom is 0.155 e. The minimum absolute atomic E-state index is 0.0458. The molecule has 1 N–H and O–H groups in total. The van der Waals surface area contributed by atoms with Gasteiger partial charge < -0.3 is 4.90 Å². The maximum atomic E-state index is 13.1. The Morgan fingerprint density at radius 1 is 1.30 bits per heavy atom. The van der Waals surface area contributed by atoms with Crippen LogP contribution in [0.2, 0.25) is 5.02 Å². The molecule has 0 radical (unpaired) electrons. The molecule has 0 aromatic carbocycles. The van der Waals surface area contributed by atoms with Crippen LogP contribution in [0.3, 0.4) is 0 Å². The van der Waals surface area contributed by atoms with Crippen molar-refractivity contribution < 1.29 is 4.21 Å². The summed E-state index contributed by atoms with van der Waals surface area (Å²) < 4.78 is 19.0. The molecule has 7 nitrogen and oxygen atoms in total. The molecule has 0 bridgehead atoms. The number of hydrogen-bond acceptors (Lipinski definition) is 5. The van der Waals surface area contributed by atoms with E-state index in [1.54, 1.807) is 12.4 Å². The van der Waals surface area contributed by atoms with Crippen LogP contribution >= 0.6 is 27.5 Å². The quantitative estimate of drug-likeness (QED) is 0.507. The summed E-state index contributed by atoms with van der Waals surface area (Å²) in [6.07, 6.45) is 6.27. The van der Waals surface area contributed by atoms with Gasteiger partial charge in [-0.15, -0.1) is 0 Å². The van der Waals surface area contributed by atoms with E-state index in [1.165, 1.54) is 0 Å². The Labute approximate surface area is 210 Å².